The van der Waals surface area contributed by atoms with Crippen LogP contribution in [0.25, 0.3) is 0 Å². The first-order chi connectivity index (χ1) is 13.2. The van der Waals surface area contributed by atoms with Gasteiger partial charge < -0.3 is 19.9 Å². The molecule has 7 heteroatoms. The second-order valence-electron chi connectivity index (χ2n) is 6.96. The van der Waals surface area contributed by atoms with Gasteiger partial charge in [-0.1, -0.05) is 12.1 Å². The van der Waals surface area contributed by atoms with Crippen LogP contribution in [0.4, 0.5) is 0 Å². The highest BCUT2D eigenvalue weighted by atomic mass is 16.5. The van der Waals surface area contributed by atoms with Crippen molar-refractivity contribution in [1.29, 1.82) is 0 Å². The summed E-state index contributed by atoms with van der Waals surface area (Å²) in [5.41, 5.74) is 1.19. The molecule has 0 saturated carbocycles. The van der Waals surface area contributed by atoms with Gasteiger partial charge in [-0.25, -0.2) is 4.99 Å². The average molecular weight is 371 g/mol. The van der Waals surface area contributed by atoms with Crippen molar-refractivity contribution in [3.05, 3.63) is 41.5 Å². The number of aryl methyl sites for hydroxylation is 2. The molecular weight excluding hydrogens is 340 g/mol. The first-order valence-electron chi connectivity index (χ1n) is 9.82. The molecule has 0 fully saturated rings. The minimum Gasteiger partial charge on any atom is -0.489 e. The zero-order chi connectivity index (χ0) is 19.1. The Bertz CT molecular complexity index is 770. The number of guanidine groups is 1. The predicted molar refractivity (Wildman–Crippen MR) is 107 cm³/mol. The molecule has 2 heterocycles. The SMILES string of the molecule is CCNC(=NCc1nnc2n1CCCC2)NCC(C)Oc1cccc(C)c1. The Kier molecular flexibility index (Phi) is 6.68. The second-order valence-corrected chi connectivity index (χ2v) is 6.96. The maximum absolute atomic E-state index is 5.98. The molecule has 146 valence electrons. The quantitative estimate of drug-likeness (QED) is 0.578. The molecular formula is C20H30N6O. The first kappa shape index (κ1) is 19.2. The number of rotatable bonds is 7. The number of nitrogens with one attached hydrogen (secondary N) is 2. The first-order valence-corrected chi connectivity index (χ1v) is 9.82. The summed E-state index contributed by atoms with van der Waals surface area (Å²) < 4.78 is 8.19. The molecule has 7 nitrogen and oxygen atoms in total. The number of aliphatic imine (C=N–C) groups is 1. The number of hydrogen-bond acceptors (Lipinski definition) is 4. The predicted octanol–water partition coefficient (Wildman–Crippen LogP) is 2.45. The fraction of sp³-hybridized carbons (Fsp3) is 0.550. The van der Waals surface area contributed by atoms with E-state index in [4.69, 9.17) is 4.74 Å². The summed E-state index contributed by atoms with van der Waals surface area (Å²) in [5.74, 6) is 3.68. The molecule has 3 rings (SSSR count). The van der Waals surface area contributed by atoms with Crippen LogP contribution in [-0.4, -0.2) is 39.9 Å². The van der Waals surface area contributed by atoms with Crippen molar-refractivity contribution in [2.24, 2.45) is 4.99 Å². The highest BCUT2D eigenvalue weighted by Gasteiger charge is 2.15. The second kappa shape index (κ2) is 9.39. The number of aromatic nitrogens is 3. The van der Waals surface area contributed by atoms with Crippen LogP contribution in [0.2, 0.25) is 0 Å². The van der Waals surface area contributed by atoms with Gasteiger partial charge in [0.1, 0.15) is 24.2 Å². The van der Waals surface area contributed by atoms with Gasteiger partial charge in [-0.2, -0.15) is 0 Å². The number of benzene rings is 1. The smallest absolute Gasteiger partial charge is 0.191 e. The van der Waals surface area contributed by atoms with Crippen molar-refractivity contribution >= 4 is 5.96 Å². The molecule has 2 N–H and O–H groups in total. The molecule has 2 aromatic rings. The number of fused-ring (bicyclic) bond motifs is 1. The van der Waals surface area contributed by atoms with Crippen molar-refractivity contribution in [2.45, 2.75) is 59.2 Å². The van der Waals surface area contributed by atoms with Gasteiger partial charge in [0, 0.05) is 19.5 Å². The molecule has 1 atom stereocenters. The van der Waals surface area contributed by atoms with Gasteiger partial charge in [0.25, 0.3) is 0 Å². The summed E-state index contributed by atoms with van der Waals surface area (Å²) in [6, 6.07) is 8.10. The Labute approximate surface area is 161 Å². The molecule has 0 spiro atoms. The molecule has 0 bridgehead atoms. The molecule has 27 heavy (non-hydrogen) atoms. The highest BCUT2D eigenvalue weighted by Crippen LogP contribution is 2.15. The third-order valence-corrected chi connectivity index (χ3v) is 4.54. The minimum atomic E-state index is 0.0245. The number of ether oxygens (including phenoxy) is 1. The van der Waals surface area contributed by atoms with Crippen LogP contribution < -0.4 is 15.4 Å². The zero-order valence-electron chi connectivity index (χ0n) is 16.5. The van der Waals surface area contributed by atoms with Gasteiger partial charge in [0.05, 0.1) is 6.54 Å². The molecule has 0 amide bonds. The van der Waals surface area contributed by atoms with E-state index in [1.165, 1.54) is 18.4 Å². The molecule has 1 unspecified atom stereocenters. The number of hydrogen-bond donors (Lipinski definition) is 2. The standard InChI is InChI=1S/C20H30N6O/c1-4-21-20(22-13-16(3)27-17-9-7-8-15(2)12-17)23-14-19-25-24-18-10-5-6-11-26(18)19/h7-9,12,16H,4-6,10-11,13-14H2,1-3H3,(H2,21,22,23). The number of nitrogens with zero attached hydrogens (tertiary/aromatic N) is 4. The molecule has 1 aliphatic rings. The van der Waals surface area contributed by atoms with Crippen LogP contribution in [-0.2, 0) is 19.5 Å². The molecule has 1 aromatic carbocycles. The Morgan fingerprint density at radius 3 is 3.00 bits per heavy atom. The maximum atomic E-state index is 5.98. The van der Waals surface area contributed by atoms with Gasteiger partial charge in [-0.3, -0.25) is 0 Å². The van der Waals surface area contributed by atoms with Crippen molar-refractivity contribution in [3.8, 4) is 5.75 Å². The topological polar surface area (TPSA) is 76.4 Å². The van der Waals surface area contributed by atoms with E-state index in [9.17, 15) is 0 Å². The fourth-order valence-electron chi connectivity index (χ4n) is 3.18. The van der Waals surface area contributed by atoms with E-state index < -0.39 is 0 Å². The maximum Gasteiger partial charge on any atom is 0.191 e. The van der Waals surface area contributed by atoms with E-state index in [0.29, 0.717) is 13.1 Å². The van der Waals surface area contributed by atoms with E-state index in [0.717, 1.165) is 42.9 Å². The lowest BCUT2D eigenvalue weighted by atomic mass is 10.2. The molecule has 0 saturated heterocycles. The summed E-state index contributed by atoms with van der Waals surface area (Å²) in [7, 11) is 0. The van der Waals surface area contributed by atoms with Crippen LogP contribution >= 0.6 is 0 Å². The third kappa shape index (κ3) is 5.45. The van der Waals surface area contributed by atoms with E-state index in [2.05, 4.69) is 50.3 Å². The highest BCUT2D eigenvalue weighted by molar-refractivity contribution is 5.79. The largest absolute Gasteiger partial charge is 0.489 e. The van der Waals surface area contributed by atoms with E-state index >= 15 is 0 Å². The van der Waals surface area contributed by atoms with Crippen LogP contribution in [0.1, 0.15) is 43.9 Å². The van der Waals surface area contributed by atoms with E-state index in [-0.39, 0.29) is 6.10 Å². The lowest BCUT2D eigenvalue weighted by Gasteiger charge is -2.18. The zero-order valence-corrected chi connectivity index (χ0v) is 16.5. The lowest BCUT2D eigenvalue weighted by molar-refractivity contribution is 0.223. The third-order valence-electron chi connectivity index (χ3n) is 4.54. The van der Waals surface area contributed by atoms with E-state index in [1.807, 2.05) is 25.1 Å². The Morgan fingerprint density at radius 2 is 2.19 bits per heavy atom. The summed E-state index contributed by atoms with van der Waals surface area (Å²) in [6.07, 6.45) is 3.43. The molecule has 0 radical (unpaired) electrons. The normalized spacial score (nSPS) is 15.1. The van der Waals surface area contributed by atoms with Gasteiger partial charge in [-0.15, -0.1) is 10.2 Å². The molecule has 1 aromatic heterocycles. The van der Waals surface area contributed by atoms with E-state index in [1.54, 1.807) is 0 Å². The van der Waals surface area contributed by atoms with Gasteiger partial charge in [0.2, 0.25) is 0 Å². The lowest BCUT2D eigenvalue weighted by Crippen LogP contribution is -2.41. The van der Waals surface area contributed by atoms with Gasteiger partial charge >= 0.3 is 0 Å². The Morgan fingerprint density at radius 1 is 1.30 bits per heavy atom. The summed E-state index contributed by atoms with van der Waals surface area (Å²) >= 11 is 0. The summed E-state index contributed by atoms with van der Waals surface area (Å²) in [6.45, 7) is 9.16. The monoisotopic (exact) mass is 370 g/mol. The fourth-order valence-corrected chi connectivity index (χ4v) is 3.18. The van der Waals surface area contributed by atoms with Crippen LogP contribution in [0, 0.1) is 6.92 Å². The molecule has 1 aliphatic heterocycles. The summed E-state index contributed by atoms with van der Waals surface area (Å²) in [5, 5.41) is 15.2. The summed E-state index contributed by atoms with van der Waals surface area (Å²) in [4.78, 5) is 4.67. The van der Waals surface area contributed by atoms with Crippen molar-refractivity contribution < 1.29 is 4.74 Å². The minimum absolute atomic E-state index is 0.0245. The van der Waals surface area contributed by atoms with Crippen LogP contribution in [0.15, 0.2) is 29.3 Å². The van der Waals surface area contributed by atoms with Gasteiger partial charge in [0.15, 0.2) is 11.8 Å². The average Bonchev–Trinajstić information content (AvgIpc) is 3.07. The van der Waals surface area contributed by atoms with Crippen molar-refractivity contribution in [1.82, 2.24) is 25.4 Å². The van der Waals surface area contributed by atoms with Crippen LogP contribution in [0.5, 0.6) is 5.75 Å². The van der Waals surface area contributed by atoms with Crippen molar-refractivity contribution in [2.75, 3.05) is 13.1 Å². The van der Waals surface area contributed by atoms with Crippen LogP contribution in [0.3, 0.4) is 0 Å². The molecule has 0 aliphatic carbocycles. The Balaban J connectivity index is 1.55. The van der Waals surface area contributed by atoms with Gasteiger partial charge in [-0.05, 0) is 51.3 Å². The Hall–Kier alpha value is -2.57. The van der Waals surface area contributed by atoms with Crippen molar-refractivity contribution in [3.63, 3.8) is 0 Å².